The smallest absolute Gasteiger partial charge is 0.234 e. The highest BCUT2D eigenvalue weighted by atomic mass is 19.1. The third-order valence-corrected chi connectivity index (χ3v) is 8.40. The summed E-state index contributed by atoms with van der Waals surface area (Å²) in [6.07, 6.45) is 7.40. The van der Waals surface area contributed by atoms with Gasteiger partial charge in [0.2, 0.25) is 5.82 Å². The zero-order valence-electron chi connectivity index (χ0n) is 26.6. The molecule has 0 saturated carbocycles. The molecule has 8 nitrogen and oxygen atoms in total. The molecule has 5 heterocycles. The Hall–Kier alpha value is -5.59. The highest BCUT2D eigenvalue weighted by Gasteiger charge is 2.21. The highest BCUT2D eigenvalue weighted by Crippen LogP contribution is 2.38. The number of halogens is 1. The average molecular weight is 625 g/mol. The van der Waals surface area contributed by atoms with Crippen molar-refractivity contribution in [3.05, 3.63) is 121 Å². The van der Waals surface area contributed by atoms with Gasteiger partial charge in [-0.1, -0.05) is 56.3 Å². The summed E-state index contributed by atoms with van der Waals surface area (Å²) in [5.74, 6) is 1.10. The number of aromatic nitrogens is 4. The minimum atomic E-state index is -0.255. The van der Waals surface area contributed by atoms with Gasteiger partial charge in [0.25, 0.3) is 0 Å². The number of hydrogen-bond acceptors (Lipinski definition) is 7. The number of rotatable bonds is 7. The van der Waals surface area contributed by atoms with E-state index in [1.165, 1.54) is 17.7 Å². The topological polar surface area (TPSA) is 108 Å². The van der Waals surface area contributed by atoms with Crippen molar-refractivity contribution in [3.8, 4) is 39.6 Å². The molecular weight excluding hydrogens is 587 g/mol. The van der Waals surface area contributed by atoms with Gasteiger partial charge in [0.05, 0.1) is 5.69 Å². The van der Waals surface area contributed by atoms with E-state index in [9.17, 15) is 4.39 Å². The molecule has 1 saturated heterocycles. The first-order chi connectivity index (χ1) is 23.0. The van der Waals surface area contributed by atoms with E-state index in [0.29, 0.717) is 17.7 Å². The molecule has 1 aliphatic rings. The Morgan fingerprint density at radius 2 is 1.60 bits per heavy atom. The third kappa shape index (κ3) is 6.98. The van der Waals surface area contributed by atoms with Gasteiger partial charge in [-0.15, -0.1) is 0 Å². The van der Waals surface area contributed by atoms with Crippen LogP contribution < -0.4 is 11.1 Å². The molecule has 6 aromatic rings. The Morgan fingerprint density at radius 3 is 2.32 bits per heavy atom. The molecule has 7 rings (SSSR count). The number of piperidine rings is 1. The number of likely N-dealkylation sites (tertiary alicyclic amines) is 1. The van der Waals surface area contributed by atoms with Crippen LogP contribution in [0.3, 0.4) is 0 Å². The number of pyridine rings is 2. The van der Waals surface area contributed by atoms with E-state index in [1.54, 1.807) is 30.6 Å². The van der Waals surface area contributed by atoms with Crippen molar-refractivity contribution in [1.29, 1.82) is 5.26 Å². The number of nitrogens with one attached hydrogen (secondary N) is 1. The molecule has 0 spiro atoms. The molecule has 0 atom stereocenters. The second-order valence-corrected chi connectivity index (χ2v) is 11.3. The van der Waals surface area contributed by atoms with Crippen LogP contribution >= 0.6 is 0 Å². The van der Waals surface area contributed by atoms with Crippen molar-refractivity contribution in [1.82, 2.24) is 24.3 Å². The lowest BCUT2D eigenvalue weighted by Gasteiger charge is -2.32. The number of benzene rings is 2. The zero-order valence-corrected chi connectivity index (χ0v) is 26.6. The van der Waals surface area contributed by atoms with Crippen molar-refractivity contribution in [2.45, 2.75) is 39.3 Å². The Bertz CT molecular complexity index is 2000. The van der Waals surface area contributed by atoms with Gasteiger partial charge in [0, 0.05) is 60.9 Å². The SMILES string of the molecule is CC.N#Cc1nccc(NC2CCN(Cc3ccc(-c4c(-c5cccnc5N)cc5ccc(-c6ccc(F)cc6)cn45)cc3)CC2)n1. The lowest BCUT2D eigenvalue weighted by molar-refractivity contribution is 0.211. The summed E-state index contributed by atoms with van der Waals surface area (Å²) in [5, 5.41) is 12.5. The first-order valence-corrected chi connectivity index (χ1v) is 16.0. The maximum Gasteiger partial charge on any atom is 0.234 e. The first-order valence-electron chi connectivity index (χ1n) is 16.0. The van der Waals surface area contributed by atoms with Crippen molar-refractivity contribution in [2.75, 3.05) is 24.1 Å². The molecule has 1 aliphatic heterocycles. The molecule has 1 fully saturated rings. The van der Waals surface area contributed by atoms with Gasteiger partial charge < -0.3 is 15.5 Å². The molecule has 4 aromatic heterocycles. The quantitative estimate of drug-likeness (QED) is 0.186. The first kappa shape index (κ1) is 31.4. The summed E-state index contributed by atoms with van der Waals surface area (Å²) in [5.41, 5.74) is 14.5. The van der Waals surface area contributed by atoms with Crippen LogP contribution in [0.1, 0.15) is 38.1 Å². The zero-order chi connectivity index (χ0) is 32.8. The molecule has 9 heteroatoms. The fourth-order valence-electron chi connectivity index (χ4n) is 6.09. The van der Waals surface area contributed by atoms with Gasteiger partial charge in [-0.2, -0.15) is 5.26 Å². The van der Waals surface area contributed by atoms with Gasteiger partial charge in [-0.25, -0.2) is 19.3 Å². The second kappa shape index (κ2) is 14.2. The van der Waals surface area contributed by atoms with Gasteiger partial charge in [-0.05, 0) is 77.6 Å². The molecule has 0 bridgehead atoms. The van der Waals surface area contributed by atoms with Crippen LogP contribution in [-0.2, 0) is 6.54 Å². The van der Waals surface area contributed by atoms with E-state index in [4.69, 9.17) is 11.0 Å². The predicted octanol–water partition coefficient (Wildman–Crippen LogP) is 7.82. The number of hydrogen-bond donors (Lipinski definition) is 2. The monoisotopic (exact) mass is 624 g/mol. The number of nitrogen functional groups attached to an aromatic ring is 1. The van der Waals surface area contributed by atoms with Gasteiger partial charge >= 0.3 is 0 Å². The summed E-state index contributed by atoms with van der Waals surface area (Å²) in [6.45, 7) is 6.80. The van der Waals surface area contributed by atoms with E-state index in [-0.39, 0.29) is 11.6 Å². The lowest BCUT2D eigenvalue weighted by Crippen LogP contribution is -2.38. The van der Waals surface area contributed by atoms with Crippen LogP contribution in [0, 0.1) is 17.1 Å². The van der Waals surface area contributed by atoms with E-state index in [0.717, 1.165) is 71.5 Å². The fraction of sp³-hybridized carbons (Fsp3) is 0.211. The molecule has 0 radical (unpaired) electrons. The molecular formula is C38H37FN8. The third-order valence-electron chi connectivity index (χ3n) is 8.40. The van der Waals surface area contributed by atoms with Crippen molar-refractivity contribution >= 4 is 17.2 Å². The number of nitrogens with two attached hydrogens (primary N) is 1. The van der Waals surface area contributed by atoms with Crippen LogP contribution in [0.4, 0.5) is 16.0 Å². The maximum atomic E-state index is 13.6. The Labute approximate surface area is 274 Å². The lowest BCUT2D eigenvalue weighted by atomic mass is 10.00. The van der Waals surface area contributed by atoms with Crippen LogP contribution in [-0.4, -0.2) is 43.4 Å². The molecule has 47 heavy (non-hydrogen) atoms. The van der Waals surface area contributed by atoms with Gasteiger partial charge in [-0.3, -0.25) is 4.90 Å². The molecule has 0 unspecified atom stereocenters. The minimum Gasteiger partial charge on any atom is -0.383 e. The van der Waals surface area contributed by atoms with E-state index < -0.39 is 0 Å². The van der Waals surface area contributed by atoms with Crippen molar-refractivity contribution in [3.63, 3.8) is 0 Å². The number of fused-ring (bicyclic) bond motifs is 1. The average Bonchev–Trinajstić information content (AvgIpc) is 3.49. The summed E-state index contributed by atoms with van der Waals surface area (Å²) in [7, 11) is 0. The number of nitrogens with zero attached hydrogens (tertiary/aromatic N) is 6. The molecule has 3 N–H and O–H groups in total. The molecule has 0 amide bonds. The summed E-state index contributed by atoms with van der Waals surface area (Å²) in [4.78, 5) is 15.0. The molecule has 236 valence electrons. The largest absolute Gasteiger partial charge is 0.383 e. The van der Waals surface area contributed by atoms with Crippen LogP contribution in [0.2, 0.25) is 0 Å². The van der Waals surface area contributed by atoms with Crippen LogP contribution in [0.25, 0.3) is 39.0 Å². The molecule has 2 aromatic carbocycles. The summed E-state index contributed by atoms with van der Waals surface area (Å²) >= 11 is 0. The second-order valence-electron chi connectivity index (χ2n) is 11.3. The van der Waals surface area contributed by atoms with Crippen LogP contribution in [0.15, 0.2) is 104 Å². The van der Waals surface area contributed by atoms with E-state index >= 15 is 0 Å². The van der Waals surface area contributed by atoms with Crippen molar-refractivity contribution < 1.29 is 4.39 Å². The van der Waals surface area contributed by atoms with Gasteiger partial charge in [0.1, 0.15) is 23.5 Å². The number of nitriles is 1. The maximum absolute atomic E-state index is 13.6. The number of anilines is 2. The highest BCUT2D eigenvalue weighted by molar-refractivity contribution is 5.91. The van der Waals surface area contributed by atoms with Gasteiger partial charge in [0.15, 0.2) is 0 Å². The van der Waals surface area contributed by atoms with Crippen molar-refractivity contribution in [2.24, 2.45) is 0 Å². The summed E-state index contributed by atoms with van der Waals surface area (Å²) < 4.78 is 15.8. The molecule has 0 aliphatic carbocycles. The van der Waals surface area contributed by atoms with Crippen LogP contribution in [0.5, 0.6) is 0 Å². The summed E-state index contributed by atoms with van der Waals surface area (Å²) in [6, 6.07) is 29.6. The van der Waals surface area contributed by atoms with E-state index in [1.807, 2.05) is 32.0 Å². The Kier molecular flexibility index (Phi) is 9.51. The Balaban J connectivity index is 0.00000190. The predicted molar refractivity (Wildman–Crippen MR) is 186 cm³/mol. The Morgan fingerprint density at radius 1 is 0.872 bits per heavy atom. The standard InChI is InChI=1S/C36H31FN8.C2H6/c37-28-10-7-25(8-11-28)27-9-12-30-20-32(31-2-1-16-41-36(31)39)35(45(30)23-27)26-5-3-24(4-6-26)22-44-18-14-29(15-19-44)42-33-13-17-40-34(21-38)43-33;1-2/h1-13,16-17,20,23,29H,14-15,18-19,22H2,(H2,39,41)(H,40,42,43);1-2H3. The van der Waals surface area contributed by atoms with E-state index in [2.05, 4.69) is 78.2 Å². The fourth-order valence-corrected chi connectivity index (χ4v) is 6.09. The minimum absolute atomic E-state index is 0.179. The normalized spacial score (nSPS) is 13.5.